The van der Waals surface area contributed by atoms with E-state index in [2.05, 4.69) is 5.32 Å². The van der Waals surface area contributed by atoms with Gasteiger partial charge in [0.25, 0.3) is 5.91 Å². The van der Waals surface area contributed by atoms with Crippen LogP contribution < -0.4 is 11.1 Å². The molecule has 0 heterocycles. The first kappa shape index (κ1) is 16.4. The molecular weight excluding hydrogens is 266 g/mol. The molecule has 1 aromatic rings. The molecule has 6 heteroatoms. The van der Waals surface area contributed by atoms with E-state index in [4.69, 9.17) is 10.8 Å². The van der Waals surface area contributed by atoms with Crippen LogP contribution in [-0.4, -0.2) is 24.2 Å². The van der Waals surface area contributed by atoms with Gasteiger partial charge in [-0.05, 0) is 24.8 Å². The van der Waals surface area contributed by atoms with Crippen molar-refractivity contribution in [1.29, 1.82) is 0 Å². The van der Waals surface area contributed by atoms with Crippen molar-refractivity contribution in [2.75, 3.05) is 18.9 Å². The van der Waals surface area contributed by atoms with Crippen LogP contribution in [0.3, 0.4) is 0 Å². The summed E-state index contributed by atoms with van der Waals surface area (Å²) >= 11 is 0. The number of carbonyl (C=O) groups is 1. The molecule has 0 aliphatic heterocycles. The Hall–Kier alpha value is -1.69. The molecule has 20 heavy (non-hydrogen) atoms. The molecule has 112 valence electrons. The van der Waals surface area contributed by atoms with Crippen molar-refractivity contribution in [1.82, 2.24) is 5.32 Å². The van der Waals surface area contributed by atoms with E-state index >= 15 is 0 Å². The Morgan fingerprint density at radius 3 is 2.60 bits per heavy atom. The van der Waals surface area contributed by atoms with E-state index in [0.717, 1.165) is 25.0 Å². The Labute approximate surface area is 117 Å². The van der Waals surface area contributed by atoms with Gasteiger partial charge in [-0.1, -0.05) is 13.3 Å². The van der Waals surface area contributed by atoms with Crippen molar-refractivity contribution in [3.05, 3.63) is 29.3 Å². The summed E-state index contributed by atoms with van der Waals surface area (Å²) in [6.07, 6.45) is 2.39. The predicted molar refractivity (Wildman–Crippen MR) is 73.2 cm³/mol. The highest BCUT2D eigenvalue weighted by Crippen LogP contribution is 2.17. The Kier molecular flexibility index (Phi) is 6.38. The Morgan fingerprint density at radius 2 is 2.00 bits per heavy atom. The molecule has 0 saturated carbocycles. The number of halogens is 2. The van der Waals surface area contributed by atoms with Gasteiger partial charge < -0.3 is 16.2 Å². The zero-order valence-electron chi connectivity index (χ0n) is 11.5. The second-order valence-electron chi connectivity index (χ2n) is 4.73. The number of nitrogens with two attached hydrogens (primary N) is 1. The number of aliphatic hydroxyl groups excluding tert-OH is 1. The Morgan fingerprint density at radius 1 is 1.35 bits per heavy atom. The van der Waals surface area contributed by atoms with Crippen molar-refractivity contribution in [2.45, 2.75) is 26.2 Å². The van der Waals surface area contributed by atoms with E-state index in [-0.39, 0.29) is 23.8 Å². The number of anilines is 1. The van der Waals surface area contributed by atoms with Crippen LogP contribution in [-0.2, 0) is 0 Å². The fourth-order valence-electron chi connectivity index (χ4n) is 2.03. The van der Waals surface area contributed by atoms with E-state index in [1.807, 2.05) is 6.92 Å². The largest absolute Gasteiger partial charge is 0.398 e. The molecular formula is C14H20F2N2O2. The summed E-state index contributed by atoms with van der Waals surface area (Å²) in [7, 11) is 0. The van der Waals surface area contributed by atoms with Gasteiger partial charge in [-0.3, -0.25) is 4.79 Å². The molecule has 1 rings (SSSR count). The van der Waals surface area contributed by atoms with Gasteiger partial charge in [-0.2, -0.15) is 0 Å². The van der Waals surface area contributed by atoms with E-state index in [1.165, 1.54) is 0 Å². The quantitative estimate of drug-likeness (QED) is 0.672. The van der Waals surface area contributed by atoms with Crippen LogP contribution in [0.4, 0.5) is 14.5 Å². The monoisotopic (exact) mass is 286 g/mol. The molecule has 0 aliphatic rings. The lowest BCUT2D eigenvalue weighted by molar-refractivity contribution is 0.0943. The normalized spacial score (nSPS) is 12.2. The van der Waals surface area contributed by atoms with Crippen LogP contribution in [0.2, 0.25) is 0 Å². The van der Waals surface area contributed by atoms with Crippen LogP contribution in [0.1, 0.15) is 36.5 Å². The minimum atomic E-state index is -1.11. The number of hydrogen-bond donors (Lipinski definition) is 3. The summed E-state index contributed by atoms with van der Waals surface area (Å²) < 4.78 is 26.0. The van der Waals surface area contributed by atoms with E-state index in [1.54, 1.807) is 0 Å². The van der Waals surface area contributed by atoms with Crippen molar-refractivity contribution in [3.8, 4) is 0 Å². The first-order chi connectivity index (χ1) is 9.49. The minimum Gasteiger partial charge on any atom is -0.398 e. The number of amides is 1. The smallest absolute Gasteiger partial charge is 0.253 e. The van der Waals surface area contributed by atoms with Crippen molar-refractivity contribution in [2.24, 2.45) is 5.92 Å². The van der Waals surface area contributed by atoms with Crippen molar-refractivity contribution >= 4 is 11.6 Å². The van der Waals surface area contributed by atoms with Gasteiger partial charge in [0.1, 0.15) is 0 Å². The van der Waals surface area contributed by atoms with Gasteiger partial charge in [0.2, 0.25) is 0 Å². The number of rotatable bonds is 7. The molecule has 4 nitrogen and oxygen atoms in total. The van der Waals surface area contributed by atoms with Crippen LogP contribution in [0, 0.1) is 17.6 Å². The summed E-state index contributed by atoms with van der Waals surface area (Å²) in [6, 6.07) is 1.59. The number of nitrogens with one attached hydrogen (secondary N) is 1. The van der Waals surface area contributed by atoms with E-state index < -0.39 is 17.5 Å². The van der Waals surface area contributed by atoms with Crippen molar-refractivity contribution < 1.29 is 18.7 Å². The lowest BCUT2D eigenvalue weighted by Crippen LogP contribution is -2.30. The molecule has 0 bridgehead atoms. The lowest BCUT2D eigenvalue weighted by atomic mass is 10.00. The third-order valence-corrected chi connectivity index (χ3v) is 3.12. The number of nitrogen functional groups attached to an aromatic ring is 1. The topological polar surface area (TPSA) is 75.3 Å². The molecule has 0 spiro atoms. The first-order valence-corrected chi connectivity index (χ1v) is 6.63. The zero-order valence-corrected chi connectivity index (χ0v) is 11.5. The lowest BCUT2D eigenvalue weighted by Gasteiger charge is -2.16. The molecule has 0 radical (unpaired) electrons. The molecule has 1 amide bonds. The predicted octanol–water partition coefficient (Wildman–Crippen LogP) is 2.08. The highest BCUT2D eigenvalue weighted by Gasteiger charge is 2.15. The van der Waals surface area contributed by atoms with E-state index in [9.17, 15) is 13.6 Å². The fourth-order valence-corrected chi connectivity index (χ4v) is 2.03. The van der Waals surface area contributed by atoms with Crippen LogP contribution in [0.5, 0.6) is 0 Å². The summed E-state index contributed by atoms with van der Waals surface area (Å²) in [6.45, 7) is 2.43. The molecule has 4 N–H and O–H groups in total. The number of hydrogen-bond acceptors (Lipinski definition) is 3. The minimum absolute atomic E-state index is 0.0495. The third-order valence-electron chi connectivity index (χ3n) is 3.12. The molecule has 0 saturated heterocycles. The fraction of sp³-hybridized carbons (Fsp3) is 0.500. The highest BCUT2D eigenvalue weighted by molar-refractivity contribution is 5.99. The maximum Gasteiger partial charge on any atom is 0.253 e. The summed E-state index contributed by atoms with van der Waals surface area (Å²) in [5.41, 5.74) is 5.33. The summed E-state index contributed by atoms with van der Waals surface area (Å²) in [4.78, 5) is 11.9. The van der Waals surface area contributed by atoms with Gasteiger partial charge >= 0.3 is 0 Å². The Bertz CT molecular complexity index is 461. The van der Waals surface area contributed by atoms with Gasteiger partial charge in [0, 0.05) is 24.9 Å². The number of benzene rings is 1. The summed E-state index contributed by atoms with van der Waals surface area (Å²) in [5.74, 6) is -2.58. The van der Waals surface area contributed by atoms with Crippen LogP contribution >= 0.6 is 0 Å². The molecule has 0 aliphatic carbocycles. The second-order valence-corrected chi connectivity index (χ2v) is 4.73. The molecule has 0 aromatic heterocycles. The van der Waals surface area contributed by atoms with Gasteiger partial charge in [0.05, 0.1) is 5.56 Å². The van der Waals surface area contributed by atoms with E-state index in [0.29, 0.717) is 13.0 Å². The SMILES string of the molecule is CCCC(CCO)CNC(=O)c1cc(F)c(F)cc1N. The van der Waals surface area contributed by atoms with Crippen molar-refractivity contribution in [3.63, 3.8) is 0 Å². The second kappa shape index (κ2) is 7.79. The average molecular weight is 286 g/mol. The number of aliphatic hydroxyl groups is 1. The molecule has 1 atom stereocenters. The zero-order chi connectivity index (χ0) is 15.1. The standard InChI is InChI=1S/C14H20F2N2O2/c1-2-3-9(4-5-19)8-18-14(20)10-6-11(15)12(16)7-13(10)17/h6-7,9,19H,2-5,8,17H2,1H3,(H,18,20). The first-order valence-electron chi connectivity index (χ1n) is 6.63. The third kappa shape index (κ3) is 4.45. The average Bonchev–Trinajstić information content (AvgIpc) is 2.40. The van der Waals surface area contributed by atoms with Gasteiger partial charge in [-0.25, -0.2) is 8.78 Å². The van der Waals surface area contributed by atoms with Gasteiger partial charge in [-0.15, -0.1) is 0 Å². The highest BCUT2D eigenvalue weighted by atomic mass is 19.2. The molecule has 1 unspecified atom stereocenters. The maximum absolute atomic E-state index is 13.1. The van der Waals surface area contributed by atoms with Crippen LogP contribution in [0.15, 0.2) is 12.1 Å². The van der Waals surface area contributed by atoms with Crippen LogP contribution in [0.25, 0.3) is 0 Å². The number of carbonyl (C=O) groups excluding carboxylic acids is 1. The summed E-state index contributed by atoms with van der Waals surface area (Å²) in [5, 5.41) is 11.6. The van der Waals surface area contributed by atoms with Gasteiger partial charge in [0.15, 0.2) is 11.6 Å². The molecule has 0 fully saturated rings. The maximum atomic E-state index is 13.1. The molecule has 1 aromatic carbocycles. The Balaban J connectivity index is 2.69.